The molecule has 3 atom stereocenters. The number of nitrogens with zero attached hydrogens (tertiary/aromatic N) is 4. The van der Waals surface area contributed by atoms with Crippen LogP contribution in [0.5, 0.6) is 0 Å². The minimum atomic E-state index is 0.241. The fourth-order valence-corrected chi connectivity index (χ4v) is 3.57. The lowest BCUT2D eigenvalue weighted by Gasteiger charge is -2.38. The van der Waals surface area contributed by atoms with Crippen molar-refractivity contribution in [1.29, 1.82) is 0 Å². The monoisotopic (exact) mass is 331 g/mol. The summed E-state index contributed by atoms with van der Waals surface area (Å²) in [7, 11) is 0. The molecule has 0 aliphatic carbocycles. The van der Waals surface area contributed by atoms with Crippen molar-refractivity contribution in [2.45, 2.75) is 52.7 Å². The predicted molar refractivity (Wildman–Crippen MR) is 95.3 cm³/mol. The molecule has 2 aromatic rings. The van der Waals surface area contributed by atoms with E-state index in [4.69, 9.17) is 4.74 Å². The first-order valence-electron chi connectivity index (χ1n) is 8.86. The van der Waals surface area contributed by atoms with E-state index in [0.717, 1.165) is 43.3 Å². The van der Waals surface area contributed by atoms with Gasteiger partial charge >= 0.3 is 0 Å². The fourth-order valence-electron chi connectivity index (χ4n) is 3.57. The van der Waals surface area contributed by atoms with Crippen LogP contribution in [0.4, 0.5) is 0 Å². The molecule has 1 N–H and O–H groups in total. The minimum absolute atomic E-state index is 0.241. The van der Waals surface area contributed by atoms with Gasteiger partial charge in [0.2, 0.25) is 0 Å². The second-order valence-corrected chi connectivity index (χ2v) is 7.00. The second-order valence-electron chi connectivity index (χ2n) is 7.00. The van der Waals surface area contributed by atoms with Crippen LogP contribution in [-0.4, -0.2) is 57.9 Å². The fraction of sp³-hybridized carbons (Fsp3) is 0.667. The van der Waals surface area contributed by atoms with Crippen molar-refractivity contribution in [2.24, 2.45) is 0 Å². The summed E-state index contributed by atoms with van der Waals surface area (Å²) in [5, 5.41) is 8.20. The zero-order valence-corrected chi connectivity index (χ0v) is 15.4. The van der Waals surface area contributed by atoms with E-state index in [-0.39, 0.29) is 6.04 Å². The Balaban J connectivity index is 1.66. The summed E-state index contributed by atoms with van der Waals surface area (Å²) in [6.07, 6.45) is 1.98. The summed E-state index contributed by atoms with van der Waals surface area (Å²) in [5.41, 5.74) is 4.27. The van der Waals surface area contributed by atoms with Gasteiger partial charge in [-0.15, -0.1) is 0 Å². The zero-order valence-electron chi connectivity index (χ0n) is 15.4. The molecule has 2 aromatic heterocycles. The molecule has 1 fully saturated rings. The Morgan fingerprint density at radius 2 is 2.17 bits per heavy atom. The van der Waals surface area contributed by atoms with E-state index in [2.05, 4.69) is 48.0 Å². The number of nitrogens with one attached hydrogen (secondary N) is 1. The first-order valence-corrected chi connectivity index (χ1v) is 8.86. The summed E-state index contributed by atoms with van der Waals surface area (Å²) < 4.78 is 7.48. The Labute approximate surface area is 144 Å². The number of morpholine rings is 1. The number of fused-ring (bicyclic) bond motifs is 1. The standard InChI is InChI=1S/C18H29N5O/c1-12-8-18-20-10-17(16(5)23(18)21-12)15(4)19-9-13(2)22-6-7-24-11-14(22)3/h8,10,13-15,19H,6-7,9,11H2,1-5H3/t13-,14+,15+/m1/s1. The van der Waals surface area contributed by atoms with Crippen molar-refractivity contribution >= 4 is 5.65 Å². The number of aromatic nitrogens is 3. The van der Waals surface area contributed by atoms with Crippen LogP contribution in [-0.2, 0) is 4.74 Å². The average molecular weight is 331 g/mol. The number of aryl methyl sites for hydroxylation is 2. The van der Waals surface area contributed by atoms with Crippen molar-refractivity contribution in [3.8, 4) is 0 Å². The van der Waals surface area contributed by atoms with Crippen LogP contribution in [0.25, 0.3) is 5.65 Å². The Morgan fingerprint density at radius 1 is 1.38 bits per heavy atom. The van der Waals surface area contributed by atoms with Gasteiger partial charge in [0.25, 0.3) is 0 Å². The quantitative estimate of drug-likeness (QED) is 0.909. The third kappa shape index (κ3) is 3.45. The van der Waals surface area contributed by atoms with Crippen LogP contribution in [0.3, 0.4) is 0 Å². The van der Waals surface area contributed by atoms with Gasteiger partial charge in [0, 0.05) is 54.7 Å². The maximum atomic E-state index is 5.54. The van der Waals surface area contributed by atoms with Crippen LogP contribution in [0.2, 0.25) is 0 Å². The molecule has 0 bridgehead atoms. The van der Waals surface area contributed by atoms with Gasteiger partial charge in [-0.1, -0.05) is 0 Å². The number of rotatable bonds is 5. The Kier molecular flexibility index (Phi) is 5.18. The van der Waals surface area contributed by atoms with Crippen LogP contribution < -0.4 is 5.32 Å². The number of hydrogen-bond acceptors (Lipinski definition) is 5. The molecule has 6 nitrogen and oxygen atoms in total. The van der Waals surface area contributed by atoms with Crippen molar-refractivity contribution in [2.75, 3.05) is 26.3 Å². The second kappa shape index (κ2) is 7.17. The first-order chi connectivity index (χ1) is 11.5. The third-order valence-electron chi connectivity index (χ3n) is 5.06. The molecular weight excluding hydrogens is 302 g/mol. The van der Waals surface area contributed by atoms with Crippen LogP contribution >= 0.6 is 0 Å². The Hall–Kier alpha value is -1.50. The highest BCUT2D eigenvalue weighted by Gasteiger charge is 2.24. The first kappa shape index (κ1) is 17.3. The Morgan fingerprint density at radius 3 is 2.92 bits per heavy atom. The largest absolute Gasteiger partial charge is 0.379 e. The highest BCUT2D eigenvalue weighted by atomic mass is 16.5. The predicted octanol–water partition coefficient (Wildman–Crippen LogP) is 2.11. The zero-order chi connectivity index (χ0) is 17.3. The number of hydrogen-bond donors (Lipinski definition) is 1. The molecule has 24 heavy (non-hydrogen) atoms. The molecule has 1 saturated heterocycles. The van der Waals surface area contributed by atoms with Gasteiger partial charge in [-0.2, -0.15) is 5.10 Å². The molecule has 0 aromatic carbocycles. The molecule has 1 aliphatic heterocycles. The maximum absolute atomic E-state index is 5.54. The van der Waals surface area contributed by atoms with E-state index in [1.807, 2.05) is 23.7 Å². The van der Waals surface area contributed by atoms with E-state index in [9.17, 15) is 0 Å². The lowest BCUT2D eigenvalue weighted by molar-refractivity contribution is -0.0184. The topological polar surface area (TPSA) is 54.7 Å². The summed E-state index contributed by atoms with van der Waals surface area (Å²) in [5.74, 6) is 0. The van der Waals surface area contributed by atoms with Crippen molar-refractivity contribution < 1.29 is 4.74 Å². The SMILES string of the molecule is Cc1cc2ncc([C@H](C)NC[C@@H](C)N3CCOC[C@@H]3C)c(C)n2n1. The van der Waals surface area contributed by atoms with Gasteiger partial charge in [-0.3, -0.25) is 4.90 Å². The van der Waals surface area contributed by atoms with Gasteiger partial charge in [-0.05, 0) is 34.6 Å². The summed E-state index contributed by atoms with van der Waals surface area (Å²) in [6.45, 7) is 14.5. The minimum Gasteiger partial charge on any atom is -0.379 e. The molecule has 0 radical (unpaired) electrons. The smallest absolute Gasteiger partial charge is 0.155 e. The molecule has 0 unspecified atom stereocenters. The molecule has 1 aliphatic rings. The van der Waals surface area contributed by atoms with Crippen LogP contribution in [0, 0.1) is 13.8 Å². The van der Waals surface area contributed by atoms with Gasteiger partial charge in [0.15, 0.2) is 5.65 Å². The van der Waals surface area contributed by atoms with Gasteiger partial charge in [-0.25, -0.2) is 9.50 Å². The molecule has 132 valence electrons. The van der Waals surface area contributed by atoms with Gasteiger partial charge in [0.1, 0.15) is 0 Å². The van der Waals surface area contributed by atoms with E-state index in [1.54, 1.807) is 0 Å². The molecule has 3 rings (SSSR count). The summed E-state index contributed by atoms with van der Waals surface area (Å²) in [6, 6.07) is 3.22. The number of ether oxygens (including phenoxy) is 1. The Bertz CT molecular complexity index is 698. The van der Waals surface area contributed by atoms with Crippen molar-refractivity contribution in [3.63, 3.8) is 0 Å². The van der Waals surface area contributed by atoms with E-state index in [0.29, 0.717) is 12.1 Å². The summed E-state index contributed by atoms with van der Waals surface area (Å²) in [4.78, 5) is 7.07. The molecular formula is C18H29N5O. The normalized spacial score (nSPS) is 22.0. The molecule has 0 saturated carbocycles. The van der Waals surface area contributed by atoms with Gasteiger partial charge in [0.05, 0.1) is 18.9 Å². The van der Waals surface area contributed by atoms with E-state index in [1.165, 1.54) is 5.56 Å². The maximum Gasteiger partial charge on any atom is 0.155 e. The van der Waals surface area contributed by atoms with Crippen LogP contribution in [0.1, 0.15) is 43.8 Å². The molecule has 3 heterocycles. The lowest BCUT2D eigenvalue weighted by atomic mass is 10.1. The summed E-state index contributed by atoms with van der Waals surface area (Å²) >= 11 is 0. The van der Waals surface area contributed by atoms with Crippen molar-refractivity contribution in [3.05, 3.63) is 29.2 Å². The van der Waals surface area contributed by atoms with E-state index >= 15 is 0 Å². The molecule has 6 heteroatoms. The highest BCUT2D eigenvalue weighted by molar-refractivity contribution is 5.42. The van der Waals surface area contributed by atoms with Crippen LogP contribution in [0.15, 0.2) is 12.3 Å². The van der Waals surface area contributed by atoms with Crippen molar-refractivity contribution in [1.82, 2.24) is 24.8 Å². The third-order valence-corrected chi connectivity index (χ3v) is 5.06. The average Bonchev–Trinajstić information content (AvgIpc) is 2.94. The highest BCUT2D eigenvalue weighted by Crippen LogP contribution is 2.18. The van der Waals surface area contributed by atoms with E-state index < -0.39 is 0 Å². The molecule has 0 spiro atoms. The molecule has 0 amide bonds. The van der Waals surface area contributed by atoms with Gasteiger partial charge < -0.3 is 10.1 Å². The lowest BCUT2D eigenvalue weighted by Crippen LogP contribution is -2.51.